The first-order valence-electron chi connectivity index (χ1n) is 7.20. The van der Waals surface area contributed by atoms with Crippen LogP contribution >= 0.6 is 0 Å². The summed E-state index contributed by atoms with van der Waals surface area (Å²) in [5.41, 5.74) is 0. The lowest BCUT2D eigenvalue weighted by atomic mass is 9.96. The summed E-state index contributed by atoms with van der Waals surface area (Å²) >= 11 is 0. The molecular formula is C13H24N4O. The molecule has 0 saturated carbocycles. The van der Waals surface area contributed by atoms with Crippen molar-refractivity contribution >= 4 is 5.96 Å². The Balaban J connectivity index is 1.39. The van der Waals surface area contributed by atoms with Gasteiger partial charge in [0.05, 0.1) is 18.2 Å². The summed E-state index contributed by atoms with van der Waals surface area (Å²) in [6.07, 6.45) is 5.83. The van der Waals surface area contributed by atoms with Crippen molar-refractivity contribution in [2.75, 3.05) is 33.2 Å². The molecule has 3 aliphatic heterocycles. The van der Waals surface area contributed by atoms with Crippen LogP contribution < -0.4 is 10.6 Å². The second-order valence-corrected chi connectivity index (χ2v) is 5.55. The topological polar surface area (TPSA) is 48.9 Å². The van der Waals surface area contributed by atoms with E-state index in [4.69, 9.17) is 4.74 Å². The Labute approximate surface area is 109 Å². The van der Waals surface area contributed by atoms with Crippen LogP contribution in [0.15, 0.2) is 4.99 Å². The Kier molecular flexibility index (Phi) is 3.70. The molecule has 3 aliphatic rings. The third kappa shape index (κ3) is 2.62. The molecule has 3 rings (SSSR count). The summed E-state index contributed by atoms with van der Waals surface area (Å²) in [5, 5.41) is 6.90. The molecule has 102 valence electrons. The zero-order valence-electron chi connectivity index (χ0n) is 11.2. The lowest BCUT2D eigenvalue weighted by Crippen LogP contribution is -2.49. The van der Waals surface area contributed by atoms with Crippen molar-refractivity contribution < 1.29 is 4.74 Å². The van der Waals surface area contributed by atoms with Gasteiger partial charge in [0.15, 0.2) is 5.96 Å². The van der Waals surface area contributed by atoms with Crippen molar-refractivity contribution in [1.29, 1.82) is 0 Å². The summed E-state index contributed by atoms with van der Waals surface area (Å²) in [6, 6.07) is 0.457. The molecule has 18 heavy (non-hydrogen) atoms. The highest BCUT2D eigenvalue weighted by Crippen LogP contribution is 2.34. The predicted molar refractivity (Wildman–Crippen MR) is 71.9 cm³/mol. The summed E-state index contributed by atoms with van der Waals surface area (Å²) in [4.78, 5) is 6.76. The normalized spacial score (nSPS) is 35.6. The molecule has 0 aromatic carbocycles. The van der Waals surface area contributed by atoms with Crippen LogP contribution in [0, 0.1) is 0 Å². The molecule has 3 heterocycles. The van der Waals surface area contributed by atoms with Crippen molar-refractivity contribution in [1.82, 2.24) is 15.5 Å². The summed E-state index contributed by atoms with van der Waals surface area (Å²) < 4.78 is 5.85. The predicted octanol–water partition coefficient (Wildman–Crippen LogP) is 0.177. The third-order valence-electron chi connectivity index (χ3n) is 4.32. The van der Waals surface area contributed by atoms with Crippen LogP contribution in [-0.4, -0.2) is 62.3 Å². The van der Waals surface area contributed by atoms with Gasteiger partial charge in [0.25, 0.3) is 0 Å². The maximum absolute atomic E-state index is 5.85. The molecule has 3 atom stereocenters. The van der Waals surface area contributed by atoms with E-state index in [0.29, 0.717) is 18.2 Å². The van der Waals surface area contributed by atoms with E-state index in [-0.39, 0.29) is 0 Å². The SMILES string of the molecule is CN=C(NCCN1CCC1)NC1CC2CCC1O2. The second kappa shape index (κ2) is 5.45. The number of aliphatic imine (C=N–C) groups is 1. The first-order valence-corrected chi connectivity index (χ1v) is 7.20. The van der Waals surface area contributed by atoms with Gasteiger partial charge >= 0.3 is 0 Å². The lowest BCUT2D eigenvalue weighted by molar-refractivity contribution is 0.0992. The monoisotopic (exact) mass is 252 g/mol. The van der Waals surface area contributed by atoms with Crippen LogP contribution in [0.1, 0.15) is 25.7 Å². The van der Waals surface area contributed by atoms with E-state index in [1.54, 1.807) is 0 Å². The standard InChI is InChI=1S/C13H24N4O/c1-14-13(15-5-8-17-6-2-7-17)16-11-9-10-3-4-12(11)18-10/h10-12H,2-9H2,1H3,(H2,14,15,16). The van der Waals surface area contributed by atoms with Crippen LogP contribution in [0.3, 0.4) is 0 Å². The van der Waals surface area contributed by atoms with Crippen LogP contribution in [-0.2, 0) is 4.74 Å². The number of hydrogen-bond donors (Lipinski definition) is 2. The zero-order valence-corrected chi connectivity index (χ0v) is 11.2. The van der Waals surface area contributed by atoms with Gasteiger partial charge in [-0.05, 0) is 38.8 Å². The average Bonchev–Trinajstić information content (AvgIpc) is 2.92. The number of guanidine groups is 1. The summed E-state index contributed by atoms with van der Waals surface area (Å²) in [5.74, 6) is 0.927. The van der Waals surface area contributed by atoms with Crippen molar-refractivity contribution in [3.63, 3.8) is 0 Å². The van der Waals surface area contributed by atoms with Crippen molar-refractivity contribution in [2.24, 2.45) is 4.99 Å². The molecule has 5 nitrogen and oxygen atoms in total. The van der Waals surface area contributed by atoms with Crippen molar-refractivity contribution in [2.45, 2.75) is 43.9 Å². The van der Waals surface area contributed by atoms with Gasteiger partial charge in [0.1, 0.15) is 0 Å². The van der Waals surface area contributed by atoms with Crippen LogP contribution in [0.25, 0.3) is 0 Å². The molecule has 3 fully saturated rings. The molecular weight excluding hydrogens is 228 g/mol. The Morgan fingerprint density at radius 2 is 2.28 bits per heavy atom. The minimum Gasteiger partial charge on any atom is -0.373 e. The molecule has 3 unspecified atom stereocenters. The second-order valence-electron chi connectivity index (χ2n) is 5.55. The van der Waals surface area contributed by atoms with Crippen LogP contribution in [0.5, 0.6) is 0 Å². The van der Waals surface area contributed by atoms with Gasteiger partial charge in [-0.2, -0.15) is 0 Å². The third-order valence-corrected chi connectivity index (χ3v) is 4.32. The van der Waals surface area contributed by atoms with E-state index < -0.39 is 0 Å². The molecule has 2 bridgehead atoms. The molecule has 5 heteroatoms. The average molecular weight is 252 g/mol. The smallest absolute Gasteiger partial charge is 0.191 e. The van der Waals surface area contributed by atoms with Gasteiger partial charge < -0.3 is 20.3 Å². The first-order chi connectivity index (χ1) is 8.85. The molecule has 0 aliphatic carbocycles. The summed E-state index contributed by atoms with van der Waals surface area (Å²) in [7, 11) is 1.84. The molecule has 0 spiro atoms. The van der Waals surface area contributed by atoms with E-state index in [9.17, 15) is 0 Å². The highest BCUT2D eigenvalue weighted by atomic mass is 16.5. The first kappa shape index (κ1) is 12.2. The fraction of sp³-hybridized carbons (Fsp3) is 0.923. The van der Waals surface area contributed by atoms with Gasteiger partial charge in [-0.15, -0.1) is 0 Å². The number of nitrogens with zero attached hydrogens (tertiary/aromatic N) is 2. The lowest BCUT2D eigenvalue weighted by Gasteiger charge is -2.31. The van der Waals surface area contributed by atoms with Gasteiger partial charge in [-0.3, -0.25) is 4.99 Å². The Bertz CT molecular complexity index is 316. The summed E-state index contributed by atoms with van der Waals surface area (Å²) in [6.45, 7) is 4.61. The Morgan fingerprint density at radius 1 is 1.39 bits per heavy atom. The van der Waals surface area contributed by atoms with Gasteiger partial charge in [0.2, 0.25) is 0 Å². The molecule has 0 amide bonds. The maximum Gasteiger partial charge on any atom is 0.191 e. The highest BCUT2D eigenvalue weighted by Gasteiger charge is 2.41. The molecule has 2 N–H and O–H groups in total. The van der Waals surface area contributed by atoms with Crippen LogP contribution in [0.2, 0.25) is 0 Å². The zero-order chi connectivity index (χ0) is 12.4. The van der Waals surface area contributed by atoms with E-state index in [2.05, 4.69) is 20.5 Å². The minimum absolute atomic E-state index is 0.406. The molecule has 0 aromatic rings. The maximum atomic E-state index is 5.85. The van der Waals surface area contributed by atoms with E-state index in [0.717, 1.165) is 25.5 Å². The molecule has 0 radical (unpaired) electrons. The highest BCUT2D eigenvalue weighted by molar-refractivity contribution is 5.80. The molecule has 3 saturated heterocycles. The Morgan fingerprint density at radius 3 is 2.83 bits per heavy atom. The van der Waals surface area contributed by atoms with Crippen LogP contribution in [0.4, 0.5) is 0 Å². The number of hydrogen-bond acceptors (Lipinski definition) is 3. The van der Waals surface area contributed by atoms with E-state index >= 15 is 0 Å². The Hall–Kier alpha value is -0.810. The quantitative estimate of drug-likeness (QED) is 0.553. The van der Waals surface area contributed by atoms with Gasteiger partial charge in [-0.1, -0.05) is 0 Å². The fourth-order valence-corrected chi connectivity index (χ4v) is 3.10. The number of nitrogens with one attached hydrogen (secondary N) is 2. The number of likely N-dealkylation sites (tertiary alicyclic amines) is 1. The van der Waals surface area contributed by atoms with Gasteiger partial charge in [0, 0.05) is 20.1 Å². The van der Waals surface area contributed by atoms with Crippen molar-refractivity contribution in [3.8, 4) is 0 Å². The molecule has 0 aromatic heterocycles. The van der Waals surface area contributed by atoms with E-state index in [1.165, 1.54) is 32.4 Å². The largest absolute Gasteiger partial charge is 0.373 e. The number of ether oxygens (including phenoxy) is 1. The number of fused-ring (bicyclic) bond motifs is 2. The number of rotatable bonds is 4. The van der Waals surface area contributed by atoms with Crippen molar-refractivity contribution in [3.05, 3.63) is 0 Å². The minimum atomic E-state index is 0.406. The fourth-order valence-electron chi connectivity index (χ4n) is 3.10. The van der Waals surface area contributed by atoms with E-state index in [1.807, 2.05) is 7.05 Å². The van der Waals surface area contributed by atoms with Gasteiger partial charge in [-0.25, -0.2) is 0 Å².